The Balaban J connectivity index is 2.22. The molecular formula is C15H16ClN3O3. The molecule has 0 bridgehead atoms. The van der Waals surface area contributed by atoms with Crippen LogP contribution in [0.1, 0.15) is 12.5 Å². The first-order chi connectivity index (χ1) is 10.6. The SMILES string of the molecule is CCOC(=O)N(Cc1ccccc1)Cn1cc(Cl)cnc1=O. The number of rotatable bonds is 5. The van der Waals surface area contributed by atoms with Crippen LogP contribution in [-0.4, -0.2) is 27.2 Å². The van der Waals surface area contributed by atoms with Gasteiger partial charge in [-0.2, -0.15) is 4.98 Å². The van der Waals surface area contributed by atoms with E-state index in [4.69, 9.17) is 16.3 Å². The Labute approximate surface area is 132 Å². The molecule has 0 aliphatic heterocycles. The normalized spacial score (nSPS) is 10.3. The molecule has 0 aliphatic rings. The zero-order valence-electron chi connectivity index (χ0n) is 12.1. The van der Waals surface area contributed by atoms with Gasteiger partial charge in [0.15, 0.2) is 0 Å². The van der Waals surface area contributed by atoms with Crippen LogP contribution in [0.3, 0.4) is 0 Å². The van der Waals surface area contributed by atoms with Crippen LogP contribution in [0.4, 0.5) is 4.79 Å². The lowest BCUT2D eigenvalue weighted by molar-refractivity contribution is 0.0915. The molecule has 2 rings (SSSR count). The van der Waals surface area contributed by atoms with Crippen molar-refractivity contribution in [2.24, 2.45) is 0 Å². The summed E-state index contributed by atoms with van der Waals surface area (Å²) in [5, 5.41) is 0.322. The topological polar surface area (TPSA) is 64.4 Å². The second-order valence-electron chi connectivity index (χ2n) is 4.55. The first kappa shape index (κ1) is 16.0. The van der Waals surface area contributed by atoms with E-state index in [1.54, 1.807) is 6.92 Å². The van der Waals surface area contributed by atoms with Gasteiger partial charge < -0.3 is 4.74 Å². The number of hydrogen-bond donors (Lipinski definition) is 0. The average Bonchev–Trinajstić information content (AvgIpc) is 2.51. The Bertz CT molecular complexity index is 688. The van der Waals surface area contributed by atoms with Crippen LogP contribution in [-0.2, 0) is 18.0 Å². The third kappa shape index (κ3) is 4.33. The molecule has 22 heavy (non-hydrogen) atoms. The fourth-order valence-electron chi connectivity index (χ4n) is 1.90. The summed E-state index contributed by atoms with van der Waals surface area (Å²) in [5.41, 5.74) is 0.449. The standard InChI is InChI=1S/C15H16ClN3O3/c1-2-22-15(21)19(9-12-6-4-3-5-7-12)11-18-10-13(16)8-17-14(18)20/h3-8,10H,2,9,11H2,1H3. The second-order valence-corrected chi connectivity index (χ2v) is 4.98. The molecule has 0 spiro atoms. The number of ether oxygens (including phenoxy) is 1. The van der Waals surface area contributed by atoms with E-state index in [2.05, 4.69) is 4.98 Å². The second kappa shape index (κ2) is 7.61. The van der Waals surface area contributed by atoms with Gasteiger partial charge in [0, 0.05) is 6.20 Å². The molecular weight excluding hydrogens is 306 g/mol. The molecule has 1 aromatic heterocycles. The molecule has 0 unspecified atom stereocenters. The third-order valence-electron chi connectivity index (χ3n) is 2.89. The van der Waals surface area contributed by atoms with Crippen molar-refractivity contribution in [1.29, 1.82) is 0 Å². The maximum Gasteiger partial charge on any atom is 0.411 e. The van der Waals surface area contributed by atoms with Crippen LogP contribution < -0.4 is 5.69 Å². The number of amides is 1. The molecule has 6 nitrogen and oxygen atoms in total. The summed E-state index contributed by atoms with van der Waals surface area (Å²) in [6, 6.07) is 9.44. The molecule has 1 amide bonds. The smallest absolute Gasteiger partial charge is 0.411 e. The first-order valence-electron chi connectivity index (χ1n) is 6.77. The quantitative estimate of drug-likeness (QED) is 0.848. The van der Waals surface area contributed by atoms with Gasteiger partial charge in [0.05, 0.1) is 24.4 Å². The van der Waals surface area contributed by atoms with Crippen molar-refractivity contribution in [2.75, 3.05) is 6.61 Å². The number of halogens is 1. The lowest BCUT2D eigenvalue weighted by Gasteiger charge is -2.22. The summed E-state index contributed by atoms with van der Waals surface area (Å²) in [4.78, 5) is 28.9. The highest BCUT2D eigenvalue weighted by molar-refractivity contribution is 6.30. The molecule has 116 valence electrons. The fourth-order valence-corrected chi connectivity index (χ4v) is 2.07. The van der Waals surface area contributed by atoms with Gasteiger partial charge in [0.2, 0.25) is 0 Å². The lowest BCUT2D eigenvalue weighted by Crippen LogP contribution is -2.37. The van der Waals surface area contributed by atoms with Gasteiger partial charge in [-0.15, -0.1) is 0 Å². The third-order valence-corrected chi connectivity index (χ3v) is 3.08. The van der Waals surface area contributed by atoms with Crippen molar-refractivity contribution >= 4 is 17.7 Å². The van der Waals surface area contributed by atoms with E-state index in [1.165, 1.54) is 21.9 Å². The zero-order valence-corrected chi connectivity index (χ0v) is 12.9. The average molecular weight is 322 g/mol. The highest BCUT2D eigenvalue weighted by Crippen LogP contribution is 2.08. The van der Waals surface area contributed by atoms with Crippen LogP contribution in [0, 0.1) is 0 Å². The summed E-state index contributed by atoms with van der Waals surface area (Å²) in [6.45, 7) is 2.32. The molecule has 0 N–H and O–H groups in total. The van der Waals surface area contributed by atoms with Crippen LogP contribution in [0.25, 0.3) is 0 Å². The van der Waals surface area contributed by atoms with E-state index in [0.29, 0.717) is 11.6 Å². The molecule has 0 atom stereocenters. The maximum atomic E-state index is 12.1. The summed E-state index contributed by atoms with van der Waals surface area (Å²) < 4.78 is 6.30. The van der Waals surface area contributed by atoms with Gasteiger partial charge in [-0.05, 0) is 12.5 Å². The molecule has 1 aromatic carbocycles. The number of aromatic nitrogens is 2. The molecule has 0 radical (unpaired) electrons. The lowest BCUT2D eigenvalue weighted by atomic mass is 10.2. The molecule has 0 saturated carbocycles. The highest BCUT2D eigenvalue weighted by Gasteiger charge is 2.16. The van der Waals surface area contributed by atoms with Gasteiger partial charge in [-0.25, -0.2) is 9.59 Å². The van der Waals surface area contributed by atoms with Crippen molar-refractivity contribution in [2.45, 2.75) is 20.1 Å². The van der Waals surface area contributed by atoms with Gasteiger partial charge in [0.25, 0.3) is 0 Å². The van der Waals surface area contributed by atoms with Gasteiger partial charge >= 0.3 is 11.8 Å². The molecule has 2 aromatic rings. The Morgan fingerprint density at radius 1 is 1.36 bits per heavy atom. The number of hydrogen-bond acceptors (Lipinski definition) is 4. The van der Waals surface area contributed by atoms with Crippen LogP contribution >= 0.6 is 11.6 Å². The van der Waals surface area contributed by atoms with E-state index >= 15 is 0 Å². The molecule has 0 fully saturated rings. The van der Waals surface area contributed by atoms with Crippen molar-refractivity contribution in [3.8, 4) is 0 Å². The van der Waals surface area contributed by atoms with E-state index in [0.717, 1.165) is 5.56 Å². The van der Waals surface area contributed by atoms with Gasteiger partial charge in [-0.1, -0.05) is 41.9 Å². The van der Waals surface area contributed by atoms with E-state index < -0.39 is 11.8 Å². The Morgan fingerprint density at radius 2 is 2.09 bits per heavy atom. The highest BCUT2D eigenvalue weighted by atomic mass is 35.5. The van der Waals surface area contributed by atoms with Gasteiger partial charge in [0.1, 0.15) is 6.67 Å². The van der Waals surface area contributed by atoms with Crippen LogP contribution in [0.15, 0.2) is 47.5 Å². The monoisotopic (exact) mass is 321 g/mol. The van der Waals surface area contributed by atoms with Crippen LogP contribution in [0.5, 0.6) is 0 Å². The number of carbonyl (C=O) groups excluding carboxylic acids is 1. The number of benzene rings is 1. The fraction of sp³-hybridized carbons (Fsp3) is 0.267. The molecule has 0 saturated heterocycles. The summed E-state index contributed by atoms with van der Waals surface area (Å²) >= 11 is 5.84. The predicted molar refractivity (Wildman–Crippen MR) is 82.5 cm³/mol. The van der Waals surface area contributed by atoms with E-state index in [1.807, 2.05) is 30.3 Å². The van der Waals surface area contributed by atoms with Crippen molar-refractivity contribution in [3.63, 3.8) is 0 Å². The molecule has 1 heterocycles. The van der Waals surface area contributed by atoms with Crippen molar-refractivity contribution < 1.29 is 9.53 Å². The number of carbonyl (C=O) groups is 1. The first-order valence-corrected chi connectivity index (χ1v) is 7.15. The zero-order chi connectivity index (χ0) is 15.9. The largest absolute Gasteiger partial charge is 0.450 e. The minimum Gasteiger partial charge on any atom is -0.450 e. The molecule has 0 aliphatic carbocycles. The van der Waals surface area contributed by atoms with Crippen LogP contribution in [0.2, 0.25) is 5.02 Å². The Morgan fingerprint density at radius 3 is 2.77 bits per heavy atom. The van der Waals surface area contributed by atoms with Gasteiger partial charge in [-0.3, -0.25) is 9.47 Å². The summed E-state index contributed by atoms with van der Waals surface area (Å²) in [5.74, 6) is 0. The number of nitrogens with zero attached hydrogens (tertiary/aromatic N) is 3. The predicted octanol–water partition coefficient (Wildman–Crippen LogP) is 2.51. The maximum absolute atomic E-state index is 12.1. The van der Waals surface area contributed by atoms with E-state index in [9.17, 15) is 9.59 Å². The van der Waals surface area contributed by atoms with Crippen molar-refractivity contribution in [1.82, 2.24) is 14.5 Å². The minimum atomic E-state index is -0.502. The minimum absolute atomic E-state index is 0.0140. The Hall–Kier alpha value is -2.34. The Kier molecular flexibility index (Phi) is 5.55. The summed E-state index contributed by atoms with van der Waals surface area (Å²) in [7, 11) is 0. The van der Waals surface area contributed by atoms with E-state index in [-0.39, 0.29) is 13.3 Å². The summed E-state index contributed by atoms with van der Waals surface area (Å²) in [6.07, 6.45) is 2.21. The van der Waals surface area contributed by atoms with Crippen molar-refractivity contribution in [3.05, 3.63) is 63.8 Å². The molecule has 7 heteroatoms.